The number of allylic oxidation sites excluding steroid dienone is 2. The predicted octanol–water partition coefficient (Wildman–Crippen LogP) is 6.65. The molecule has 4 rings (SSSR count). The molecule has 2 aliphatic rings. The first kappa shape index (κ1) is 25.2. The van der Waals surface area contributed by atoms with E-state index in [4.69, 9.17) is 26.1 Å². The molecule has 5 nitrogen and oxygen atoms in total. The molecule has 0 amide bonds. The van der Waals surface area contributed by atoms with Crippen molar-refractivity contribution < 1.29 is 19.1 Å². The topological polar surface area (TPSA) is 65.0 Å². The molecule has 1 aliphatic heterocycles. The number of hydrogen-bond donors (Lipinski definition) is 0. The molecule has 184 valence electrons. The van der Waals surface area contributed by atoms with Crippen LogP contribution in [0.15, 0.2) is 64.8 Å². The maximum atomic E-state index is 13.7. The molecule has 3 atom stereocenters. The number of halogens is 1. The van der Waals surface area contributed by atoms with Gasteiger partial charge in [-0.1, -0.05) is 41.9 Å². The first-order chi connectivity index (χ1) is 16.7. The molecular formula is C29H32ClNO4. The van der Waals surface area contributed by atoms with Crippen LogP contribution in [0.25, 0.3) is 0 Å². The molecule has 1 unspecified atom stereocenters. The van der Waals surface area contributed by atoms with Crippen LogP contribution in [0.3, 0.4) is 0 Å². The average molecular weight is 494 g/mol. The quantitative estimate of drug-likeness (QED) is 0.422. The lowest BCUT2D eigenvalue weighted by molar-refractivity contribution is -0.150. The molecule has 1 aliphatic carbocycles. The third-order valence-corrected chi connectivity index (χ3v) is 6.70. The standard InChI is InChI=1S/C29H32ClNO4/c1-16(2)34-25-9-7-6-8-22(25)27-26(29(33)35-17(3)4)18(5)31-23-14-20(15-24(32)28(23)27)19-10-12-21(30)13-11-19/h6-13,16-17,20,26-27H,14-15H2,1-5H3/t20-,26?,27-/m0/s1. The molecule has 0 spiro atoms. The number of Topliss-reactive ketones (excluding diaryl/α,β-unsaturated/α-hetero) is 1. The van der Waals surface area contributed by atoms with Gasteiger partial charge >= 0.3 is 5.97 Å². The second-order valence-electron chi connectivity index (χ2n) is 9.84. The zero-order chi connectivity index (χ0) is 25.3. The van der Waals surface area contributed by atoms with Crippen LogP contribution >= 0.6 is 11.6 Å². The number of hydrogen-bond acceptors (Lipinski definition) is 5. The minimum atomic E-state index is -0.691. The molecule has 2 aromatic carbocycles. The van der Waals surface area contributed by atoms with Crippen molar-refractivity contribution in [2.24, 2.45) is 10.9 Å². The van der Waals surface area contributed by atoms with E-state index in [2.05, 4.69) is 0 Å². The van der Waals surface area contributed by atoms with Crippen molar-refractivity contribution in [3.8, 4) is 5.75 Å². The summed E-state index contributed by atoms with van der Waals surface area (Å²) in [4.78, 5) is 31.9. The number of ether oxygens (including phenoxy) is 2. The molecule has 0 saturated heterocycles. The van der Waals surface area contributed by atoms with E-state index in [0.29, 0.717) is 34.9 Å². The number of esters is 1. The number of para-hydroxylation sites is 1. The number of carbonyl (C=O) groups excluding carboxylic acids is 2. The Kier molecular flexibility index (Phi) is 7.46. The summed E-state index contributed by atoms with van der Waals surface area (Å²) in [6.45, 7) is 9.42. The summed E-state index contributed by atoms with van der Waals surface area (Å²) >= 11 is 6.07. The van der Waals surface area contributed by atoms with Crippen molar-refractivity contribution >= 4 is 29.1 Å². The number of nitrogens with zero attached hydrogens (tertiary/aromatic N) is 1. The van der Waals surface area contributed by atoms with Gasteiger partial charge in [-0.05, 0) is 70.7 Å². The number of carbonyl (C=O) groups is 2. The molecule has 0 radical (unpaired) electrons. The number of ketones is 1. The third-order valence-electron chi connectivity index (χ3n) is 6.45. The highest BCUT2D eigenvalue weighted by Gasteiger charge is 2.46. The Bertz CT molecular complexity index is 1180. The molecular weight excluding hydrogens is 462 g/mol. The van der Waals surface area contributed by atoms with Crippen LogP contribution in [-0.4, -0.2) is 29.7 Å². The van der Waals surface area contributed by atoms with Gasteiger partial charge in [-0.25, -0.2) is 0 Å². The summed E-state index contributed by atoms with van der Waals surface area (Å²) in [7, 11) is 0. The van der Waals surface area contributed by atoms with Crippen molar-refractivity contribution in [3.05, 3.63) is 76.0 Å². The molecule has 35 heavy (non-hydrogen) atoms. The van der Waals surface area contributed by atoms with Crippen molar-refractivity contribution in [1.29, 1.82) is 0 Å². The van der Waals surface area contributed by atoms with E-state index in [-0.39, 0.29) is 29.9 Å². The normalized spacial score (nSPS) is 22.2. The molecule has 6 heteroatoms. The van der Waals surface area contributed by atoms with Crippen LogP contribution in [0, 0.1) is 5.92 Å². The van der Waals surface area contributed by atoms with Crippen LogP contribution < -0.4 is 4.74 Å². The number of benzene rings is 2. The lowest BCUT2D eigenvalue weighted by Gasteiger charge is -2.37. The van der Waals surface area contributed by atoms with Gasteiger partial charge in [0.05, 0.1) is 12.2 Å². The van der Waals surface area contributed by atoms with E-state index >= 15 is 0 Å². The maximum Gasteiger partial charge on any atom is 0.315 e. The van der Waals surface area contributed by atoms with E-state index in [1.165, 1.54) is 0 Å². The van der Waals surface area contributed by atoms with Gasteiger partial charge in [-0.15, -0.1) is 0 Å². The molecule has 0 N–H and O–H groups in total. The number of aliphatic imine (C=N–C) groups is 1. The fourth-order valence-electron chi connectivity index (χ4n) is 5.08. The largest absolute Gasteiger partial charge is 0.491 e. The Morgan fingerprint density at radius 1 is 1.00 bits per heavy atom. The van der Waals surface area contributed by atoms with Gasteiger partial charge < -0.3 is 9.47 Å². The van der Waals surface area contributed by atoms with E-state index in [9.17, 15) is 9.59 Å². The summed E-state index contributed by atoms with van der Waals surface area (Å²) in [5, 5.41) is 0.663. The van der Waals surface area contributed by atoms with Gasteiger partial charge in [0.1, 0.15) is 11.7 Å². The predicted molar refractivity (Wildman–Crippen MR) is 138 cm³/mol. The lowest BCUT2D eigenvalue weighted by atomic mass is 9.69. The summed E-state index contributed by atoms with van der Waals surface area (Å²) < 4.78 is 11.8. The Morgan fingerprint density at radius 3 is 2.34 bits per heavy atom. The zero-order valence-corrected chi connectivity index (χ0v) is 21.6. The monoisotopic (exact) mass is 493 g/mol. The van der Waals surface area contributed by atoms with Crippen LogP contribution in [0.4, 0.5) is 0 Å². The summed E-state index contributed by atoms with van der Waals surface area (Å²) in [5.74, 6) is -0.883. The lowest BCUT2D eigenvalue weighted by Crippen LogP contribution is -2.39. The van der Waals surface area contributed by atoms with Gasteiger partial charge in [0.25, 0.3) is 0 Å². The number of rotatable bonds is 6. The van der Waals surface area contributed by atoms with Crippen LogP contribution in [0.2, 0.25) is 5.02 Å². The second-order valence-corrected chi connectivity index (χ2v) is 10.3. The Labute approximate surface area is 212 Å². The zero-order valence-electron chi connectivity index (χ0n) is 20.9. The minimum absolute atomic E-state index is 0.00847. The van der Waals surface area contributed by atoms with Crippen molar-refractivity contribution in [3.63, 3.8) is 0 Å². The van der Waals surface area contributed by atoms with Gasteiger partial charge in [-0.2, -0.15) is 0 Å². The fraction of sp³-hybridized carbons (Fsp3) is 0.414. The van der Waals surface area contributed by atoms with Gasteiger partial charge in [-0.3, -0.25) is 14.6 Å². The summed E-state index contributed by atoms with van der Waals surface area (Å²) in [6, 6.07) is 15.3. The molecule has 0 saturated carbocycles. The first-order valence-corrected chi connectivity index (χ1v) is 12.6. The van der Waals surface area contributed by atoms with Crippen LogP contribution in [0.1, 0.15) is 70.4 Å². The van der Waals surface area contributed by atoms with Crippen molar-refractivity contribution in [1.82, 2.24) is 0 Å². The third kappa shape index (κ3) is 5.35. The Hall–Kier alpha value is -2.92. The maximum absolute atomic E-state index is 13.7. The van der Waals surface area contributed by atoms with Crippen molar-refractivity contribution in [2.75, 3.05) is 0 Å². The Morgan fingerprint density at radius 2 is 1.69 bits per heavy atom. The van der Waals surface area contributed by atoms with E-state index in [1.54, 1.807) is 0 Å². The van der Waals surface area contributed by atoms with Crippen molar-refractivity contribution in [2.45, 2.75) is 71.5 Å². The summed E-state index contributed by atoms with van der Waals surface area (Å²) in [5.41, 5.74) is 3.88. The SMILES string of the molecule is CC1=NC2=C(C(=O)C[C@@H](c3ccc(Cl)cc3)C2)[C@@H](c2ccccc2OC(C)C)C1C(=O)OC(C)C. The van der Waals surface area contributed by atoms with Gasteiger partial charge in [0.2, 0.25) is 0 Å². The van der Waals surface area contributed by atoms with Crippen LogP contribution in [0.5, 0.6) is 5.75 Å². The van der Waals surface area contributed by atoms with Gasteiger partial charge in [0.15, 0.2) is 5.78 Å². The highest BCUT2D eigenvalue weighted by molar-refractivity contribution is 6.30. The fourth-order valence-corrected chi connectivity index (χ4v) is 5.20. The van der Waals surface area contributed by atoms with E-state index in [1.807, 2.05) is 83.1 Å². The molecule has 0 aromatic heterocycles. The van der Waals surface area contributed by atoms with E-state index in [0.717, 1.165) is 16.8 Å². The second kappa shape index (κ2) is 10.4. The molecule has 0 fully saturated rings. The highest BCUT2D eigenvalue weighted by Crippen LogP contribution is 2.48. The molecule has 1 heterocycles. The smallest absolute Gasteiger partial charge is 0.315 e. The first-order valence-electron chi connectivity index (χ1n) is 12.2. The minimum Gasteiger partial charge on any atom is -0.491 e. The average Bonchev–Trinajstić information content (AvgIpc) is 2.78. The van der Waals surface area contributed by atoms with Crippen LogP contribution in [-0.2, 0) is 14.3 Å². The highest BCUT2D eigenvalue weighted by atomic mass is 35.5. The van der Waals surface area contributed by atoms with E-state index < -0.39 is 11.8 Å². The molecule has 0 bridgehead atoms. The Balaban J connectivity index is 1.83. The van der Waals surface area contributed by atoms with Gasteiger partial charge in [0, 0.05) is 39.9 Å². The molecule has 2 aromatic rings. The summed E-state index contributed by atoms with van der Waals surface area (Å²) in [6.07, 6.45) is 0.644.